The van der Waals surface area contributed by atoms with Gasteiger partial charge in [-0.2, -0.15) is 0 Å². The molecule has 1 aliphatic carbocycles. The van der Waals surface area contributed by atoms with Crippen LogP contribution in [0.25, 0.3) is 0 Å². The Morgan fingerprint density at radius 3 is 2.32 bits per heavy atom. The molecule has 168 valence electrons. The molecule has 2 aromatic rings. The number of guanidine groups is 1. The number of methoxy groups -OCH3 is 1. The first kappa shape index (κ1) is 22.9. The number of rotatable bonds is 9. The summed E-state index contributed by atoms with van der Waals surface area (Å²) in [7, 11) is 7.64. The molecule has 0 saturated heterocycles. The lowest BCUT2D eigenvalue weighted by atomic mass is 10.1. The summed E-state index contributed by atoms with van der Waals surface area (Å²) in [6, 6.07) is 14.7. The van der Waals surface area contributed by atoms with Gasteiger partial charge in [0.05, 0.1) is 13.2 Å². The minimum Gasteiger partial charge on any atom is -0.493 e. The van der Waals surface area contributed by atoms with Crippen molar-refractivity contribution >= 4 is 5.96 Å². The van der Waals surface area contributed by atoms with Crippen LogP contribution in [-0.4, -0.2) is 45.2 Å². The van der Waals surface area contributed by atoms with E-state index in [-0.39, 0.29) is 6.10 Å². The van der Waals surface area contributed by atoms with Crippen molar-refractivity contribution in [1.82, 2.24) is 15.5 Å². The molecule has 0 spiro atoms. The number of benzene rings is 2. The highest BCUT2D eigenvalue weighted by Crippen LogP contribution is 2.34. The van der Waals surface area contributed by atoms with E-state index in [0.29, 0.717) is 13.1 Å². The minimum atomic E-state index is 0.281. The molecule has 2 aromatic carbocycles. The van der Waals surface area contributed by atoms with Gasteiger partial charge in [-0.1, -0.05) is 36.4 Å². The molecule has 6 heteroatoms. The van der Waals surface area contributed by atoms with E-state index >= 15 is 0 Å². The highest BCUT2D eigenvalue weighted by atomic mass is 16.5. The molecule has 0 unspecified atom stereocenters. The predicted octanol–water partition coefficient (Wildman–Crippen LogP) is 3.94. The van der Waals surface area contributed by atoms with Gasteiger partial charge in [-0.3, -0.25) is 4.99 Å². The lowest BCUT2D eigenvalue weighted by Gasteiger charge is -2.20. The van der Waals surface area contributed by atoms with Crippen molar-refractivity contribution in [3.05, 3.63) is 59.2 Å². The van der Waals surface area contributed by atoms with E-state index in [4.69, 9.17) is 9.47 Å². The molecule has 0 radical (unpaired) electrons. The Hall–Kier alpha value is -2.73. The molecule has 0 bridgehead atoms. The van der Waals surface area contributed by atoms with Crippen LogP contribution in [0.2, 0.25) is 0 Å². The van der Waals surface area contributed by atoms with Crippen LogP contribution in [0.3, 0.4) is 0 Å². The Morgan fingerprint density at radius 1 is 1.00 bits per heavy atom. The monoisotopic (exact) mass is 424 g/mol. The smallest absolute Gasteiger partial charge is 0.191 e. The average Bonchev–Trinajstić information content (AvgIpc) is 3.28. The summed E-state index contributed by atoms with van der Waals surface area (Å²) in [6.45, 7) is 2.27. The minimum absolute atomic E-state index is 0.281. The maximum absolute atomic E-state index is 6.33. The van der Waals surface area contributed by atoms with Crippen LogP contribution >= 0.6 is 0 Å². The second-order valence-electron chi connectivity index (χ2n) is 8.31. The van der Waals surface area contributed by atoms with Crippen LogP contribution in [0.5, 0.6) is 11.5 Å². The Bertz CT molecular complexity index is 843. The van der Waals surface area contributed by atoms with Crippen LogP contribution in [-0.2, 0) is 19.6 Å². The predicted molar refractivity (Wildman–Crippen MR) is 127 cm³/mol. The van der Waals surface area contributed by atoms with Crippen LogP contribution < -0.4 is 20.1 Å². The molecule has 0 aliphatic heterocycles. The van der Waals surface area contributed by atoms with Gasteiger partial charge in [0.2, 0.25) is 0 Å². The Morgan fingerprint density at radius 2 is 1.68 bits per heavy atom. The van der Waals surface area contributed by atoms with Crippen molar-refractivity contribution in [2.24, 2.45) is 4.99 Å². The van der Waals surface area contributed by atoms with Crippen molar-refractivity contribution in [2.45, 2.75) is 51.4 Å². The lowest BCUT2D eigenvalue weighted by molar-refractivity contribution is 0.198. The van der Waals surface area contributed by atoms with Gasteiger partial charge in [0.1, 0.15) is 0 Å². The third-order valence-corrected chi connectivity index (χ3v) is 5.52. The first-order valence-electron chi connectivity index (χ1n) is 11.1. The summed E-state index contributed by atoms with van der Waals surface area (Å²) in [4.78, 5) is 6.54. The maximum Gasteiger partial charge on any atom is 0.191 e. The molecule has 6 nitrogen and oxygen atoms in total. The highest BCUT2D eigenvalue weighted by Gasteiger charge is 2.20. The zero-order chi connectivity index (χ0) is 22.1. The number of ether oxygens (including phenoxy) is 2. The molecule has 0 atom stereocenters. The van der Waals surface area contributed by atoms with Gasteiger partial charge in [-0.05, 0) is 57.0 Å². The quantitative estimate of drug-likeness (QED) is 0.472. The summed E-state index contributed by atoms with van der Waals surface area (Å²) in [5.74, 6) is 2.38. The molecule has 2 N–H and O–H groups in total. The lowest BCUT2D eigenvalue weighted by Crippen LogP contribution is -2.36. The summed E-state index contributed by atoms with van der Waals surface area (Å²) in [5.41, 5.74) is 3.60. The second kappa shape index (κ2) is 11.6. The van der Waals surface area contributed by atoms with Gasteiger partial charge in [-0.25, -0.2) is 0 Å². The SMILES string of the molecule is CN=C(NCc1ccc(CN(C)C)cc1)NCc1cccc(OC)c1OC1CCCC1. The zero-order valence-electron chi connectivity index (χ0n) is 19.3. The van der Waals surface area contributed by atoms with Crippen molar-refractivity contribution < 1.29 is 9.47 Å². The summed E-state index contributed by atoms with van der Waals surface area (Å²) in [5, 5.41) is 6.80. The molecule has 0 amide bonds. The molecule has 1 fully saturated rings. The molecule has 31 heavy (non-hydrogen) atoms. The van der Waals surface area contributed by atoms with Gasteiger partial charge in [0, 0.05) is 32.2 Å². The first-order valence-corrected chi connectivity index (χ1v) is 11.1. The van der Waals surface area contributed by atoms with Gasteiger partial charge in [-0.15, -0.1) is 0 Å². The topological polar surface area (TPSA) is 58.1 Å². The fraction of sp³-hybridized carbons (Fsp3) is 0.480. The molecule has 0 aromatic heterocycles. The van der Waals surface area contributed by atoms with Crippen molar-refractivity contribution in [3.63, 3.8) is 0 Å². The molecule has 1 aliphatic rings. The highest BCUT2D eigenvalue weighted by molar-refractivity contribution is 5.79. The maximum atomic E-state index is 6.33. The van der Waals surface area contributed by atoms with Gasteiger partial charge in [0.15, 0.2) is 17.5 Å². The van der Waals surface area contributed by atoms with Gasteiger partial charge >= 0.3 is 0 Å². The van der Waals surface area contributed by atoms with E-state index in [2.05, 4.69) is 65.0 Å². The molecular weight excluding hydrogens is 388 g/mol. The number of aliphatic imine (C=N–C) groups is 1. The standard InChI is InChI=1S/C25H36N4O2/c1-26-25(27-16-19-12-14-20(15-13-19)18-29(2)3)28-17-21-8-7-11-23(30-4)24(21)31-22-9-5-6-10-22/h7-8,11-15,22H,5-6,9-10,16-18H2,1-4H3,(H2,26,27,28). The molecule has 3 rings (SSSR count). The Kier molecular flexibility index (Phi) is 8.59. The van der Waals surface area contributed by atoms with Crippen molar-refractivity contribution in [2.75, 3.05) is 28.3 Å². The number of hydrogen-bond donors (Lipinski definition) is 2. The number of hydrogen-bond acceptors (Lipinski definition) is 4. The van der Waals surface area contributed by atoms with Crippen LogP contribution in [0.15, 0.2) is 47.5 Å². The van der Waals surface area contributed by atoms with Crippen LogP contribution in [0.4, 0.5) is 0 Å². The summed E-state index contributed by atoms with van der Waals surface area (Å²) >= 11 is 0. The number of nitrogens with one attached hydrogen (secondary N) is 2. The average molecular weight is 425 g/mol. The third kappa shape index (κ3) is 6.89. The summed E-state index contributed by atoms with van der Waals surface area (Å²) < 4.78 is 11.9. The Labute approximate surface area is 186 Å². The van der Waals surface area contributed by atoms with Gasteiger partial charge < -0.3 is 25.0 Å². The van der Waals surface area contributed by atoms with E-state index in [9.17, 15) is 0 Å². The fourth-order valence-electron chi connectivity index (χ4n) is 3.88. The second-order valence-corrected chi connectivity index (χ2v) is 8.31. The summed E-state index contributed by atoms with van der Waals surface area (Å²) in [6.07, 6.45) is 4.98. The zero-order valence-corrected chi connectivity index (χ0v) is 19.3. The van der Waals surface area contributed by atoms with E-state index < -0.39 is 0 Å². The van der Waals surface area contributed by atoms with Crippen LogP contribution in [0, 0.1) is 0 Å². The van der Waals surface area contributed by atoms with Gasteiger partial charge in [0.25, 0.3) is 0 Å². The van der Waals surface area contributed by atoms with E-state index in [1.54, 1.807) is 14.2 Å². The largest absolute Gasteiger partial charge is 0.493 e. The molecular formula is C25H36N4O2. The van der Waals surface area contributed by atoms with E-state index in [1.165, 1.54) is 24.0 Å². The fourth-order valence-corrected chi connectivity index (χ4v) is 3.88. The normalized spacial score (nSPS) is 14.7. The number of para-hydroxylation sites is 1. The van der Waals surface area contributed by atoms with E-state index in [0.717, 1.165) is 42.4 Å². The Balaban J connectivity index is 1.57. The van der Waals surface area contributed by atoms with Crippen molar-refractivity contribution in [1.29, 1.82) is 0 Å². The molecule has 0 heterocycles. The van der Waals surface area contributed by atoms with Crippen molar-refractivity contribution in [3.8, 4) is 11.5 Å². The third-order valence-electron chi connectivity index (χ3n) is 5.52. The molecule has 1 saturated carbocycles. The first-order chi connectivity index (χ1) is 15.1. The number of nitrogens with zero attached hydrogens (tertiary/aromatic N) is 2. The van der Waals surface area contributed by atoms with E-state index in [1.807, 2.05) is 12.1 Å². The van der Waals surface area contributed by atoms with Crippen LogP contribution in [0.1, 0.15) is 42.4 Å².